The van der Waals surface area contributed by atoms with Crippen molar-refractivity contribution in [3.63, 3.8) is 0 Å². The van der Waals surface area contributed by atoms with Gasteiger partial charge in [0.2, 0.25) is 0 Å². The molecule has 132 valence electrons. The Hall–Kier alpha value is -2.18. The summed E-state index contributed by atoms with van der Waals surface area (Å²) in [6.45, 7) is 3.07. The van der Waals surface area contributed by atoms with E-state index in [-0.39, 0.29) is 5.56 Å². The number of ether oxygens (including phenoxy) is 2. The first-order valence-electron chi connectivity index (χ1n) is 8.30. The molecule has 6 heteroatoms. The summed E-state index contributed by atoms with van der Waals surface area (Å²) in [6, 6.07) is 9.82. The number of aromatic nitrogens is 2. The lowest BCUT2D eigenvalue weighted by atomic mass is 10.1. The Morgan fingerprint density at radius 3 is 2.60 bits per heavy atom. The van der Waals surface area contributed by atoms with Gasteiger partial charge >= 0.3 is 0 Å². The molecule has 2 aromatic heterocycles. The SMILES string of the molecule is CCc1cc2c(=O)n(CCOC)c(Cc3ccc(OC)cc3)nc2s1. The van der Waals surface area contributed by atoms with Gasteiger partial charge in [-0.1, -0.05) is 19.1 Å². The minimum absolute atomic E-state index is 0.0153. The Balaban J connectivity index is 2.05. The molecule has 0 radical (unpaired) electrons. The monoisotopic (exact) mass is 358 g/mol. The van der Waals surface area contributed by atoms with Gasteiger partial charge in [0.25, 0.3) is 5.56 Å². The number of hydrogen-bond acceptors (Lipinski definition) is 5. The van der Waals surface area contributed by atoms with Crippen LogP contribution in [-0.4, -0.2) is 30.4 Å². The fraction of sp³-hybridized carbons (Fsp3) is 0.368. The lowest BCUT2D eigenvalue weighted by Gasteiger charge is -2.12. The van der Waals surface area contributed by atoms with Gasteiger partial charge in [0.1, 0.15) is 16.4 Å². The van der Waals surface area contributed by atoms with Crippen LogP contribution in [0.15, 0.2) is 35.1 Å². The molecule has 1 aromatic carbocycles. The van der Waals surface area contributed by atoms with E-state index in [4.69, 9.17) is 14.5 Å². The van der Waals surface area contributed by atoms with Crippen molar-refractivity contribution < 1.29 is 9.47 Å². The molecule has 0 aliphatic heterocycles. The quantitative estimate of drug-likeness (QED) is 0.650. The molecular formula is C19H22N2O3S. The first-order chi connectivity index (χ1) is 12.2. The van der Waals surface area contributed by atoms with Crippen LogP contribution in [0.1, 0.15) is 23.2 Å². The summed E-state index contributed by atoms with van der Waals surface area (Å²) < 4.78 is 12.1. The second kappa shape index (κ2) is 7.80. The smallest absolute Gasteiger partial charge is 0.262 e. The van der Waals surface area contributed by atoms with E-state index in [1.54, 1.807) is 30.1 Å². The van der Waals surface area contributed by atoms with Crippen LogP contribution in [0.2, 0.25) is 0 Å². The van der Waals surface area contributed by atoms with Gasteiger partial charge in [-0.15, -0.1) is 11.3 Å². The number of fused-ring (bicyclic) bond motifs is 1. The predicted octanol–water partition coefficient (Wildman–Crippen LogP) is 3.27. The van der Waals surface area contributed by atoms with Gasteiger partial charge in [-0.3, -0.25) is 9.36 Å². The minimum atomic E-state index is 0.0153. The Kier molecular flexibility index (Phi) is 5.50. The maximum atomic E-state index is 12.9. The van der Waals surface area contributed by atoms with Crippen molar-refractivity contribution in [2.24, 2.45) is 0 Å². The molecule has 0 aliphatic carbocycles. The summed E-state index contributed by atoms with van der Waals surface area (Å²) in [6.07, 6.45) is 1.50. The number of benzene rings is 1. The van der Waals surface area contributed by atoms with E-state index in [9.17, 15) is 4.79 Å². The molecule has 0 unspecified atom stereocenters. The summed E-state index contributed by atoms with van der Waals surface area (Å²) in [5, 5.41) is 0.705. The van der Waals surface area contributed by atoms with Gasteiger partial charge in [-0.05, 0) is 30.2 Å². The van der Waals surface area contributed by atoms with Gasteiger partial charge in [0.15, 0.2) is 0 Å². The highest BCUT2D eigenvalue weighted by Gasteiger charge is 2.14. The summed E-state index contributed by atoms with van der Waals surface area (Å²) in [5.74, 6) is 1.58. The number of aryl methyl sites for hydroxylation is 1. The average molecular weight is 358 g/mol. The Labute approximate surface area is 150 Å². The molecule has 3 rings (SSSR count). The van der Waals surface area contributed by atoms with Crippen LogP contribution in [0.25, 0.3) is 10.2 Å². The summed E-state index contributed by atoms with van der Waals surface area (Å²) in [4.78, 5) is 19.7. The molecular weight excluding hydrogens is 336 g/mol. The van der Waals surface area contributed by atoms with Crippen LogP contribution in [0.4, 0.5) is 0 Å². The van der Waals surface area contributed by atoms with Gasteiger partial charge < -0.3 is 9.47 Å². The molecule has 2 heterocycles. The van der Waals surface area contributed by atoms with Crippen molar-refractivity contribution in [2.75, 3.05) is 20.8 Å². The minimum Gasteiger partial charge on any atom is -0.497 e. The third-order valence-electron chi connectivity index (χ3n) is 4.17. The van der Waals surface area contributed by atoms with E-state index in [0.717, 1.165) is 28.4 Å². The van der Waals surface area contributed by atoms with E-state index >= 15 is 0 Å². The summed E-state index contributed by atoms with van der Waals surface area (Å²) in [7, 11) is 3.29. The predicted molar refractivity (Wildman–Crippen MR) is 101 cm³/mol. The molecule has 0 atom stereocenters. The molecule has 0 bridgehead atoms. The molecule has 0 saturated heterocycles. The first-order valence-corrected chi connectivity index (χ1v) is 9.12. The van der Waals surface area contributed by atoms with Crippen molar-refractivity contribution in [3.05, 3.63) is 57.0 Å². The highest BCUT2D eigenvalue weighted by Crippen LogP contribution is 2.23. The molecule has 25 heavy (non-hydrogen) atoms. The van der Waals surface area contributed by atoms with E-state index in [1.807, 2.05) is 30.3 Å². The Morgan fingerprint density at radius 2 is 1.96 bits per heavy atom. The van der Waals surface area contributed by atoms with Crippen LogP contribution in [0, 0.1) is 0 Å². The van der Waals surface area contributed by atoms with Crippen LogP contribution < -0.4 is 10.3 Å². The molecule has 5 nitrogen and oxygen atoms in total. The van der Waals surface area contributed by atoms with Gasteiger partial charge in [-0.25, -0.2) is 4.98 Å². The maximum Gasteiger partial charge on any atom is 0.262 e. The Bertz CT molecular complexity index is 913. The largest absolute Gasteiger partial charge is 0.497 e. The molecule has 0 aliphatic rings. The molecule has 0 amide bonds. The summed E-state index contributed by atoms with van der Waals surface area (Å²) in [5.41, 5.74) is 1.10. The van der Waals surface area contributed by atoms with Gasteiger partial charge in [0, 0.05) is 18.4 Å². The van der Waals surface area contributed by atoms with Gasteiger partial charge in [0.05, 0.1) is 25.6 Å². The topological polar surface area (TPSA) is 53.4 Å². The van der Waals surface area contributed by atoms with Crippen LogP contribution in [-0.2, 0) is 24.1 Å². The van der Waals surface area contributed by atoms with Crippen LogP contribution in [0.5, 0.6) is 5.75 Å². The average Bonchev–Trinajstić information content (AvgIpc) is 3.05. The van der Waals surface area contributed by atoms with E-state index in [0.29, 0.717) is 25.0 Å². The molecule has 0 spiro atoms. The van der Waals surface area contributed by atoms with Crippen molar-refractivity contribution in [1.82, 2.24) is 9.55 Å². The summed E-state index contributed by atoms with van der Waals surface area (Å²) >= 11 is 1.60. The maximum absolute atomic E-state index is 12.9. The fourth-order valence-electron chi connectivity index (χ4n) is 2.76. The van der Waals surface area contributed by atoms with E-state index in [1.165, 1.54) is 4.88 Å². The lowest BCUT2D eigenvalue weighted by molar-refractivity contribution is 0.185. The molecule has 0 fully saturated rings. The zero-order valence-corrected chi connectivity index (χ0v) is 15.6. The van der Waals surface area contributed by atoms with Gasteiger partial charge in [-0.2, -0.15) is 0 Å². The second-order valence-electron chi connectivity index (χ2n) is 5.79. The number of thiophene rings is 1. The zero-order chi connectivity index (χ0) is 17.8. The van der Waals surface area contributed by atoms with E-state index < -0.39 is 0 Å². The number of hydrogen-bond donors (Lipinski definition) is 0. The standard InChI is InChI=1S/C19H22N2O3S/c1-4-15-12-16-18(25-15)20-17(21(19(16)22)9-10-23-2)11-13-5-7-14(24-3)8-6-13/h5-8,12H,4,9-11H2,1-3H3. The van der Waals surface area contributed by atoms with Crippen molar-refractivity contribution in [1.29, 1.82) is 0 Å². The number of nitrogens with zero attached hydrogens (tertiary/aromatic N) is 2. The second-order valence-corrected chi connectivity index (χ2v) is 6.90. The lowest BCUT2D eigenvalue weighted by Crippen LogP contribution is -2.26. The highest BCUT2D eigenvalue weighted by atomic mass is 32.1. The van der Waals surface area contributed by atoms with Crippen molar-refractivity contribution >= 4 is 21.6 Å². The fourth-order valence-corrected chi connectivity index (χ4v) is 3.73. The highest BCUT2D eigenvalue weighted by molar-refractivity contribution is 7.18. The van der Waals surface area contributed by atoms with Crippen molar-refractivity contribution in [2.45, 2.75) is 26.3 Å². The number of methoxy groups -OCH3 is 2. The third kappa shape index (κ3) is 3.75. The molecule has 0 N–H and O–H groups in total. The normalized spacial score (nSPS) is 11.2. The van der Waals surface area contributed by atoms with Crippen LogP contribution >= 0.6 is 11.3 Å². The number of rotatable bonds is 7. The first kappa shape index (κ1) is 17.6. The third-order valence-corrected chi connectivity index (χ3v) is 5.34. The zero-order valence-electron chi connectivity index (χ0n) is 14.7. The Morgan fingerprint density at radius 1 is 1.20 bits per heavy atom. The molecule has 0 saturated carbocycles. The van der Waals surface area contributed by atoms with Crippen LogP contribution in [0.3, 0.4) is 0 Å². The van der Waals surface area contributed by atoms with E-state index in [2.05, 4.69) is 6.92 Å². The van der Waals surface area contributed by atoms with Crippen molar-refractivity contribution in [3.8, 4) is 5.75 Å². The molecule has 3 aromatic rings.